The number of amides is 1. The predicted octanol–water partition coefficient (Wildman–Crippen LogP) is 5.30. The molecule has 1 atom stereocenters. The number of thiazole rings is 1. The number of oxazole rings is 1. The second-order valence-electron chi connectivity index (χ2n) is 7.42. The molecule has 9 heteroatoms. The zero-order valence-corrected chi connectivity index (χ0v) is 19.1. The van der Waals surface area contributed by atoms with Crippen molar-refractivity contribution in [2.45, 2.75) is 13.0 Å². The Kier molecular flexibility index (Phi) is 5.69. The number of ether oxygens (including phenoxy) is 2. The molecule has 3 aromatic carbocycles. The Bertz CT molecular complexity index is 1490. The number of hydrogen-bond acceptors (Lipinski definition) is 8. The van der Waals surface area contributed by atoms with Crippen LogP contribution in [0.1, 0.15) is 17.3 Å². The number of hydrogen-bond donors (Lipinski definition) is 1. The lowest BCUT2D eigenvalue weighted by Gasteiger charge is -2.13. The average Bonchev–Trinajstić information content (AvgIpc) is 3.46. The molecule has 8 nitrogen and oxygen atoms in total. The Balaban J connectivity index is 1.32. The average molecular weight is 474 g/mol. The van der Waals surface area contributed by atoms with Crippen LogP contribution in [0.15, 0.2) is 71.1 Å². The van der Waals surface area contributed by atoms with Crippen LogP contribution >= 0.6 is 11.3 Å². The number of benzene rings is 3. The van der Waals surface area contributed by atoms with Gasteiger partial charge in [0.1, 0.15) is 11.3 Å². The summed E-state index contributed by atoms with van der Waals surface area (Å²) >= 11 is 1.31. The summed E-state index contributed by atoms with van der Waals surface area (Å²) in [5.74, 6) is -0.141. The lowest BCUT2D eigenvalue weighted by Crippen LogP contribution is -2.30. The number of para-hydroxylation sites is 2. The second-order valence-corrected chi connectivity index (χ2v) is 8.45. The first-order valence-corrected chi connectivity index (χ1v) is 11.2. The Morgan fingerprint density at radius 1 is 1.00 bits per heavy atom. The summed E-state index contributed by atoms with van der Waals surface area (Å²) in [6.07, 6.45) is -1.05. The highest BCUT2D eigenvalue weighted by atomic mass is 32.1. The van der Waals surface area contributed by atoms with Crippen LogP contribution in [0, 0.1) is 0 Å². The number of aromatic nitrogens is 2. The molecule has 0 fully saturated rings. The maximum Gasteiger partial charge on any atom is 0.339 e. The molecule has 5 rings (SSSR count). The summed E-state index contributed by atoms with van der Waals surface area (Å²) in [6, 6.07) is 19.6. The van der Waals surface area contributed by atoms with E-state index in [2.05, 4.69) is 15.3 Å². The van der Waals surface area contributed by atoms with Crippen LogP contribution in [0.4, 0.5) is 5.13 Å². The van der Waals surface area contributed by atoms with Crippen LogP contribution in [-0.4, -0.2) is 35.1 Å². The molecule has 1 unspecified atom stereocenters. The fraction of sp³-hybridized carbons (Fsp3) is 0.120. The van der Waals surface area contributed by atoms with Crippen molar-refractivity contribution in [2.24, 2.45) is 0 Å². The highest BCUT2D eigenvalue weighted by Gasteiger charge is 2.23. The monoisotopic (exact) mass is 473 g/mol. The van der Waals surface area contributed by atoms with E-state index in [0.717, 1.165) is 10.2 Å². The van der Waals surface area contributed by atoms with Gasteiger partial charge in [0.2, 0.25) is 5.89 Å². The van der Waals surface area contributed by atoms with Crippen LogP contribution in [-0.2, 0) is 9.53 Å². The highest BCUT2D eigenvalue weighted by molar-refractivity contribution is 7.22. The summed E-state index contributed by atoms with van der Waals surface area (Å²) in [4.78, 5) is 34.5. The molecule has 0 saturated heterocycles. The van der Waals surface area contributed by atoms with Crippen molar-refractivity contribution in [3.63, 3.8) is 0 Å². The number of rotatable bonds is 6. The minimum atomic E-state index is -1.05. The number of nitrogens with zero attached hydrogens (tertiary/aromatic N) is 2. The molecule has 0 aliphatic rings. The maximum atomic E-state index is 12.9. The molecule has 0 radical (unpaired) electrons. The molecule has 0 saturated carbocycles. The molecular weight excluding hydrogens is 454 g/mol. The van der Waals surface area contributed by atoms with E-state index < -0.39 is 18.0 Å². The number of fused-ring (bicyclic) bond motifs is 2. The van der Waals surface area contributed by atoms with Gasteiger partial charge in [-0.3, -0.25) is 10.1 Å². The summed E-state index contributed by atoms with van der Waals surface area (Å²) in [7, 11) is 1.59. The van der Waals surface area contributed by atoms with Crippen LogP contribution in [0.25, 0.3) is 32.8 Å². The van der Waals surface area contributed by atoms with Crippen molar-refractivity contribution in [1.82, 2.24) is 9.97 Å². The fourth-order valence-corrected chi connectivity index (χ4v) is 4.30. The van der Waals surface area contributed by atoms with Gasteiger partial charge in [0, 0.05) is 0 Å². The lowest BCUT2D eigenvalue weighted by molar-refractivity contribution is -0.123. The molecule has 1 N–H and O–H groups in total. The SMILES string of the molecule is COc1ccc2nc(NC(=O)C(C)OC(=O)c3ccccc3-c3nc4ccccc4o3)sc2c1. The van der Waals surface area contributed by atoms with Crippen LogP contribution in [0.2, 0.25) is 0 Å². The van der Waals surface area contributed by atoms with E-state index >= 15 is 0 Å². The normalized spacial score (nSPS) is 11.9. The van der Waals surface area contributed by atoms with E-state index in [-0.39, 0.29) is 5.56 Å². The van der Waals surface area contributed by atoms with Crippen molar-refractivity contribution in [2.75, 3.05) is 12.4 Å². The van der Waals surface area contributed by atoms with E-state index in [0.29, 0.717) is 33.4 Å². The zero-order chi connectivity index (χ0) is 23.7. The number of anilines is 1. The molecule has 2 aromatic heterocycles. The summed E-state index contributed by atoms with van der Waals surface area (Å²) in [5.41, 5.74) is 2.76. The number of nitrogens with one attached hydrogen (secondary N) is 1. The van der Waals surface area contributed by atoms with Gasteiger partial charge in [0.05, 0.1) is 28.5 Å². The third-order valence-electron chi connectivity index (χ3n) is 5.15. The van der Waals surface area contributed by atoms with Gasteiger partial charge in [-0.2, -0.15) is 0 Å². The first kappa shape index (κ1) is 21.6. The molecular formula is C25H19N3O5S. The molecule has 2 heterocycles. The third kappa shape index (κ3) is 4.20. The van der Waals surface area contributed by atoms with E-state index in [1.165, 1.54) is 18.3 Å². The quantitative estimate of drug-likeness (QED) is 0.334. The third-order valence-corrected chi connectivity index (χ3v) is 6.08. The summed E-state index contributed by atoms with van der Waals surface area (Å²) in [6.45, 7) is 1.51. The topological polar surface area (TPSA) is 104 Å². The summed E-state index contributed by atoms with van der Waals surface area (Å²) in [5, 5.41) is 3.11. The Hall–Kier alpha value is -4.24. The second kappa shape index (κ2) is 8.95. The number of carbonyl (C=O) groups excluding carboxylic acids is 2. The van der Waals surface area contributed by atoms with Gasteiger partial charge in [-0.1, -0.05) is 35.6 Å². The Labute approximate surface area is 198 Å². The number of esters is 1. The first-order valence-electron chi connectivity index (χ1n) is 10.4. The molecule has 170 valence electrons. The highest BCUT2D eigenvalue weighted by Crippen LogP contribution is 2.30. The first-order chi connectivity index (χ1) is 16.5. The minimum absolute atomic E-state index is 0.251. The van der Waals surface area contributed by atoms with E-state index in [9.17, 15) is 9.59 Å². The van der Waals surface area contributed by atoms with Gasteiger partial charge in [0.25, 0.3) is 5.91 Å². The van der Waals surface area contributed by atoms with E-state index in [4.69, 9.17) is 13.9 Å². The minimum Gasteiger partial charge on any atom is -0.497 e. The molecule has 0 bridgehead atoms. The van der Waals surface area contributed by atoms with Gasteiger partial charge in [-0.05, 0) is 49.4 Å². The predicted molar refractivity (Wildman–Crippen MR) is 129 cm³/mol. The van der Waals surface area contributed by atoms with Crippen molar-refractivity contribution in [3.8, 4) is 17.2 Å². The van der Waals surface area contributed by atoms with Crippen LogP contribution in [0.5, 0.6) is 5.75 Å². The van der Waals surface area contributed by atoms with Gasteiger partial charge < -0.3 is 13.9 Å². The van der Waals surface area contributed by atoms with Crippen molar-refractivity contribution >= 4 is 49.7 Å². The smallest absolute Gasteiger partial charge is 0.339 e. The molecule has 0 aliphatic carbocycles. The van der Waals surface area contributed by atoms with E-state index in [1.54, 1.807) is 43.5 Å². The maximum absolute atomic E-state index is 12.9. The van der Waals surface area contributed by atoms with Gasteiger partial charge in [-0.25, -0.2) is 14.8 Å². The fourth-order valence-electron chi connectivity index (χ4n) is 3.40. The molecule has 0 spiro atoms. The molecule has 0 aliphatic heterocycles. The van der Waals surface area contributed by atoms with Gasteiger partial charge in [-0.15, -0.1) is 0 Å². The van der Waals surface area contributed by atoms with Crippen molar-refractivity contribution < 1.29 is 23.5 Å². The molecule has 5 aromatic rings. The summed E-state index contributed by atoms with van der Waals surface area (Å²) < 4.78 is 17.3. The van der Waals surface area contributed by atoms with Gasteiger partial charge in [0.15, 0.2) is 16.8 Å². The number of methoxy groups -OCH3 is 1. The largest absolute Gasteiger partial charge is 0.497 e. The van der Waals surface area contributed by atoms with Gasteiger partial charge >= 0.3 is 5.97 Å². The lowest BCUT2D eigenvalue weighted by atomic mass is 10.1. The zero-order valence-electron chi connectivity index (χ0n) is 18.3. The standard InChI is InChI=1S/C25H19N3O5S/c1-14(22(29)28-25-27-19-12-11-15(31-2)13-21(19)34-25)32-24(30)17-8-4-3-7-16(17)23-26-18-9-5-6-10-20(18)33-23/h3-14H,1-2H3,(H,27,28,29). The van der Waals surface area contributed by atoms with E-state index in [1.807, 2.05) is 30.3 Å². The van der Waals surface area contributed by atoms with Crippen LogP contribution < -0.4 is 10.1 Å². The van der Waals surface area contributed by atoms with Crippen molar-refractivity contribution in [1.29, 1.82) is 0 Å². The molecule has 1 amide bonds. The van der Waals surface area contributed by atoms with Crippen molar-refractivity contribution in [3.05, 3.63) is 72.3 Å². The Morgan fingerprint density at radius 2 is 1.79 bits per heavy atom. The Morgan fingerprint density at radius 3 is 2.62 bits per heavy atom. The van der Waals surface area contributed by atoms with Crippen LogP contribution in [0.3, 0.4) is 0 Å². The molecule has 34 heavy (non-hydrogen) atoms. The number of carbonyl (C=O) groups is 2.